The highest BCUT2D eigenvalue weighted by Gasteiger charge is 2.28. The lowest BCUT2D eigenvalue weighted by Crippen LogP contribution is -2.41. The molecule has 1 saturated carbocycles. The molecule has 1 aliphatic carbocycles. The van der Waals surface area contributed by atoms with Crippen LogP contribution in [-0.2, 0) is 11.3 Å². The molecule has 0 unspecified atom stereocenters. The number of hydrogen-bond acceptors (Lipinski definition) is 3. The fourth-order valence-electron chi connectivity index (χ4n) is 2.39. The predicted octanol–water partition coefficient (Wildman–Crippen LogP) is 1.02. The van der Waals surface area contributed by atoms with Crippen LogP contribution >= 0.6 is 0 Å². The van der Waals surface area contributed by atoms with E-state index < -0.39 is 0 Å². The summed E-state index contributed by atoms with van der Waals surface area (Å²) >= 11 is 0. The van der Waals surface area contributed by atoms with Crippen LogP contribution in [0.2, 0.25) is 0 Å². The molecular weight excluding hydrogens is 330 g/mol. The van der Waals surface area contributed by atoms with Gasteiger partial charge >= 0.3 is 0 Å². The van der Waals surface area contributed by atoms with Gasteiger partial charge in [0.2, 0.25) is 5.91 Å². The van der Waals surface area contributed by atoms with Gasteiger partial charge in [0.05, 0.1) is 6.54 Å². The molecule has 0 bridgehead atoms. The summed E-state index contributed by atoms with van der Waals surface area (Å²) in [5, 5.41) is 12.1. The highest BCUT2D eigenvalue weighted by molar-refractivity contribution is 5.94. The third-order valence-electron chi connectivity index (χ3n) is 3.98. The highest BCUT2D eigenvalue weighted by atomic mass is 16.2. The first-order valence-corrected chi connectivity index (χ1v) is 9.31. The van der Waals surface area contributed by atoms with E-state index in [0.717, 1.165) is 24.9 Å². The van der Waals surface area contributed by atoms with Gasteiger partial charge in [-0.3, -0.25) is 9.59 Å². The first-order valence-electron chi connectivity index (χ1n) is 9.31. The van der Waals surface area contributed by atoms with E-state index in [9.17, 15) is 9.59 Å². The number of benzene rings is 1. The van der Waals surface area contributed by atoms with Gasteiger partial charge in [-0.25, -0.2) is 4.99 Å². The molecule has 0 aliphatic heterocycles. The SMILES string of the molecule is CCNC(=O)c1ccc(CN=C(NCC)NCCNC(=O)C2CC2)cc1. The van der Waals surface area contributed by atoms with Crippen LogP contribution in [0, 0.1) is 5.92 Å². The first kappa shape index (κ1) is 19.8. The van der Waals surface area contributed by atoms with E-state index in [-0.39, 0.29) is 17.7 Å². The number of carbonyl (C=O) groups excluding carboxylic acids is 2. The monoisotopic (exact) mass is 359 g/mol. The van der Waals surface area contributed by atoms with Crippen LogP contribution in [0.1, 0.15) is 42.6 Å². The topological polar surface area (TPSA) is 94.6 Å². The number of guanidine groups is 1. The summed E-state index contributed by atoms with van der Waals surface area (Å²) in [5.41, 5.74) is 1.67. The Morgan fingerprint density at radius 1 is 0.962 bits per heavy atom. The second kappa shape index (κ2) is 10.4. The quantitative estimate of drug-likeness (QED) is 0.301. The zero-order valence-corrected chi connectivity index (χ0v) is 15.6. The van der Waals surface area contributed by atoms with Crippen LogP contribution in [0.5, 0.6) is 0 Å². The summed E-state index contributed by atoms with van der Waals surface area (Å²) in [4.78, 5) is 27.9. The lowest BCUT2D eigenvalue weighted by Gasteiger charge is -2.12. The first-order chi connectivity index (χ1) is 12.6. The van der Waals surface area contributed by atoms with E-state index in [1.807, 2.05) is 38.1 Å². The highest BCUT2D eigenvalue weighted by Crippen LogP contribution is 2.28. The van der Waals surface area contributed by atoms with Crippen molar-refractivity contribution < 1.29 is 9.59 Å². The minimum absolute atomic E-state index is 0.0641. The van der Waals surface area contributed by atoms with E-state index in [4.69, 9.17) is 0 Å². The third-order valence-corrected chi connectivity index (χ3v) is 3.98. The molecule has 7 heteroatoms. The largest absolute Gasteiger partial charge is 0.357 e. The van der Waals surface area contributed by atoms with Crippen molar-refractivity contribution in [1.29, 1.82) is 0 Å². The zero-order chi connectivity index (χ0) is 18.8. The summed E-state index contributed by atoms with van der Waals surface area (Å²) < 4.78 is 0. The maximum Gasteiger partial charge on any atom is 0.251 e. The Labute approximate surface area is 155 Å². The molecule has 0 saturated heterocycles. The van der Waals surface area contributed by atoms with E-state index in [1.165, 1.54) is 0 Å². The van der Waals surface area contributed by atoms with Crippen LogP contribution in [0.4, 0.5) is 0 Å². The lowest BCUT2D eigenvalue weighted by atomic mass is 10.1. The molecule has 0 radical (unpaired) electrons. The van der Waals surface area contributed by atoms with E-state index >= 15 is 0 Å². The second-order valence-corrected chi connectivity index (χ2v) is 6.24. The molecule has 26 heavy (non-hydrogen) atoms. The summed E-state index contributed by atoms with van der Waals surface area (Å²) in [6, 6.07) is 7.44. The van der Waals surface area contributed by atoms with Gasteiger partial charge in [-0.1, -0.05) is 12.1 Å². The Balaban J connectivity index is 1.79. The Bertz CT molecular complexity index is 623. The van der Waals surface area contributed by atoms with Gasteiger partial charge in [-0.05, 0) is 44.4 Å². The lowest BCUT2D eigenvalue weighted by molar-refractivity contribution is -0.122. The van der Waals surface area contributed by atoms with Crippen molar-refractivity contribution in [3.05, 3.63) is 35.4 Å². The average Bonchev–Trinajstić information content (AvgIpc) is 3.49. The van der Waals surface area contributed by atoms with E-state index in [2.05, 4.69) is 26.3 Å². The Kier molecular flexibility index (Phi) is 7.92. The summed E-state index contributed by atoms with van der Waals surface area (Å²) in [5.74, 6) is 1.03. The number of hydrogen-bond donors (Lipinski definition) is 4. The molecular formula is C19H29N5O2. The van der Waals surface area contributed by atoms with Crippen LogP contribution in [-0.4, -0.2) is 44.0 Å². The van der Waals surface area contributed by atoms with Crippen molar-refractivity contribution in [1.82, 2.24) is 21.3 Å². The number of nitrogens with one attached hydrogen (secondary N) is 4. The standard InChI is InChI=1S/C19H29N5O2/c1-3-20-17(25)15-7-5-14(6-8-15)13-24-19(21-4-2)23-12-11-22-18(26)16-9-10-16/h5-8,16H,3-4,9-13H2,1-2H3,(H,20,25)(H,22,26)(H2,21,23,24). The van der Waals surface area contributed by atoms with Crippen molar-refractivity contribution in [2.24, 2.45) is 10.9 Å². The second-order valence-electron chi connectivity index (χ2n) is 6.24. The van der Waals surface area contributed by atoms with Crippen LogP contribution in [0.15, 0.2) is 29.3 Å². The van der Waals surface area contributed by atoms with Gasteiger partial charge in [0.1, 0.15) is 0 Å². The van der Waals surface area contributed by atoms with Gasteiger partial charge < -0.3 is 21.3 Å². The summed E-state index contributed by atoms with van der Waals surface area (Å²) in [6.07, 6.45) is 2.03. The number of rotatable bonds is 9. The average molecular weight is 359 g/mol. The number of carbonyl (C=O) groups is 2. The smallest absolute Gasteiger partial charge is 0.251 e. The van der Waals surface area contributed by atoms with Crippen molar-refractivity contribution in [2.45, 2.75) is 33.2 Å². The van der Waals surface area contributed by atoms with Crippen molar-refractivity contribution >= 4 is 17.8 Å². The van der Waals surface area contributed by atoms with Gasteiger partial charge in [-0.2, -0.15) is 0 Å². The van der Waals surface area contributed by atoms with Crippen LogP contribution in [0.25, 0.3) is 0 Å². The molecule has 2 amide bonds. The molecule has 0 spiro atoms. The predicted molar refractivity (Wildman–Crippen MR) is 103 cm³/mol. The molecule has 142 valence electrons. The zero-order valence-electron chi connectivity index (χ0n) is 15.6. The Morgan fingerprint density at radius 2 is 1.62 bits per heavy atom. The van der Waals surface area contributed by atoms with Crippen molar-refractivity contribution in [3.8, 4) is 0 Å². The van der Waals surface area contributed by atoms with E-state index in [0.29, 0.717) is 37.7 Å². The molecule has 1 aromatic rings. The molecule has 1 aliphatic rings. The third kappa shape index (κ3) is 6.74. The van der Waals surface area contributed by atoms with Crippen LogP contribution < -0.4 is 21.3 Å². The fourth-order valence-corrected chi connectivity index (χ4v) is 2.39. The molecule has 4 N–H and O–H groups in total. The molecule has 1 fully saturated rings. The number of amides is 2. The Hall–Kier alpha value is -2.57. The minimum Gasteiger partial charge on any atom is -0.357 e. The van der Waals surface area contributed by atoms with Gasteiger partial charge in [0.15, 0.2) is 5.96 Å². The minimum atomic E-state index is -0.0641. The van der Waals surface area contributed by atoms with E-state index in [1.54, 1.807) is 0 Å². The Morgan fingerprint density at radius 3 is 2.23 bits per heavy atom. The summed E-state index contributed by atoms with van der Waals surface area (Å²) in [6.45, 7) is 7.00. The summed E-state index contributed by atoms with van der Waals surface area (Å²) in [7, 11) is 0. The molecule has 0 heterocycles. The molecule has 2 rings (SSSR count). The van der Waals surface area contributed by atoms with Crippen molar-refractivity contribution in [3.63, 3.8) is 0 Å². The van der Waals surface area contributed by atoms with Gasteiger partial charge in [-0.15, -0.1) is 0 Å². The maximum atomic E-state index is 11.8. The van der Waals surface area contributed by atoms with Gasteiger partial charge in [0.25, 0.3) is 5.91 Å². The molecule has 1 aromatic carbocycles. The van der Waals surface area contributed by atoms with Crippen molar-refractivity contribution in [2.75, 3.05) is 26.2 Å². The molecule has 0 atom stereocenters. The normalized spacial score (nSPS) is 13.8. The molecule has 7 nitrogen and oxygen atoms in total. The van der Waals surface area contributed by atoms with Gasteiger partial charge in [0, 0.05) is 37.7 Å². The van der Waals surface area contributed by atoms with Crippen LogP contribution in [0.3, 0.4) is 0 Å². The molecule has 0 aromatic heterocycles. The number of aliphatic imine (C=N–C) groups is 1. The maximum absolute atomic E-state index is 11.8. The number of nitrogens with zero attached hydrogens (tertiary/aromatic N) is 1. The fraction of sp³-hybridized carbons (Fsp3) is 0.526.